The zero-order valence-corrected chi connectivity index (χ0v) is 14.4. The number of fused-ring (bicyclic) bond motifs is 1. The van der Waals surface area contributed by atoms with Gasteiger partial charge in [0.1, 0.15) is 5.82 Å². The van der Waals surface area contributed by atoms with Crippen LogP contribution in [0.15, 0.2) is 36.8 Å². The number of nitrogens with one attached hydrogen (secondary N) is 1. The lowest BCUT2D eigenvalue weighted by molar-refractivity contribution is 0.626. The molecule has 0 radical (unpaired) electrons. The third kappa shape index (κ3) is 3.08. The molecule has 7 heteroatoms. The van der Waals surface area contributed by atoms with Crippen LogP contribution in [-0.4, -0.2) is 20.1 Å². The Bertz CT molecular complexity index is 856. The molecular weight excluding hydrogens is 347 g/mol. The Morgan fingerprint density at radius 3 is 3.04 bits per heavy atom. The molecule has 1 aliphatic heterocycles. The predicted octanol–water partition coefficient (Wildman–Crippen LogP) is 4.70. The second kappa shape index (κ2) is 6.61. The summed E-state index contributed by atoms with van der Waals surface area (Å²) in [5.74, 6) is 1.55. The number of thioether (sulfide) groups is 1. The molecular formula is C17H16ClFN4S. The van der Waals surface area contributed by atoms with Gasteiger partial charge in [0.2, 0.25) is 0 Å². The standard InChI is InChI=1S/C17H16ClFN4S/c18-12-6-11(7-13(19)8-12)9-21-16-17-22-10-14(15-2-1-5-24-15)23(17)4-3-20-16/h3-4,6-8,10,15H,1-2,5,9H2,(H,20,21)/t15-/m0/s1. The molecule has 1 saturated heterocycles. The molecule has 4 nitrogen and oxygen atoms in total. The second-order valence-corrected chi connectivity index (χ2v) is 7.53. The van der Waals surface area contributed by atoms with Crippen LogP contribution in [0, 0.1) is 5.82 Å². The Kier molecular flexibility index (Phi) is 4.33. The summed E-state index contributed by atoms with van der Waals surface area (Å²) in [5, 5.41) is 4.12. The summed E-state index contributed by atoms with van der Waals surface area (Å²) in [6.45, 7) is 0.435. The number of halogens is 2. The van der Waals surface area contributed by atoms with Crippen molar-refractivity contribution in [2.45, 2.75) is 24.6 Å². The van der Waals surface area contributed by atoms with Gasteiger partial charge in [-0.05, 0) is 42.4 Å². The van der Waals surface area contributed by atoms with Crippen LogP contribution in [0.5, 0.6) is 0 Å². The Morgan fingerprint density at radius 2 is 2.25 bits per heavy atom. The van der Waals surface area contributed by atoms with Gasteiger partial charge in [0, 0.05) is 29.2 Å². The maximum absolute atomic E-state index is 13.4. The van der Waals surface area contributed by atoms with Gasteiger partial charge in [0.15, 0.2) is 11.5 Å². The SMILES string of the molecule is Fc1cc(Cl)cc(CNc2nccn3c([C@@H]4CCCS4)cnc23)c1. The van der Waals surface area contributed by atoms with Gasteiger partial charge in [0.25, 0.3) is 0 Å². The molecule has 1 aliphatic rings. The molecule has 2 aromatic heterocycles. The molecule has 1 aromatic carbocycles. The van der Waals surface area contributed by atoms with Crippen LogP contribution >= 0.6 is 23.4 Å². The van der Waals surface area contributed by atoms with E-state index in [0.29, 0.717) is 22.6 Å². The van der Waals surface area contributed by atoms with Gasteiger partial charge in [-0.1, -0.05) is 11.6 Å². The van der Waals surface area contributed by atoms with Crippen molar-refractivity contribution in [3.8, 4) is 0 Å². The fourth-order valence-electron chi connectivity index (χ4n) is 3.01. The van der Waals surface area contributed by atoms with Crippen molar-refractivity contribution in [2.75, 3.05) is 11.1 Å². The van der Waals surface area contributed by atoms with Crippen molar-refractivity contribution >= 4 is 34.8 Å². The molecule has 1 N–H and O–H groups in total. The van der Waals surface area contributed by atoms with Gasteiger partial charge in [-0.15, -0.1) is 0 Å². The fourth-order valence-corrected chi connectivity index (χ4v) is 4.55. The van der Waals surface area contributed by atoms with Crippen LogP contribution in [0.25, 0.3) is 5.65 Å². The van der Waals surface area contributed by atoms with E-state index in [2.05, 4.69) is 19.7 Å². The number of rotatable bonds is 4. The van der Waals surface area contributed by atoms with Crippen molar-refractivity contribution in [3.63, 3.8) is 0 Å². The number of hydrogen-bond donors (Lipinski definition) is 1. The normalized spacial score (nSPS) is 17.5. The van der Waals surface area contributed by atoms with Crippen LogP contribution in [-0.2, 0) is 6.54 Å². The van der Waals surface area contributed by atoms with Crippen LogP contribution in [0.3, 0.4) is 0 Å². The van der Waals surface area contributed by atoms with Crippen LogP contribution < -0.4 is 5.32 Å². The van der Waals surface area contributed by atoms with E-state index in [1.807, 2.05) is 24.2 Å². The van der Waals surface area contributed by atoms with E-state index < -0.39 is 0 Å². The minimum atomic E-state index is -0.341. The summed E-state index contributed by atoms with van der Waals surface area (Å²) in [4.78, 5) is 8.91. The average molecular weight is 363 g/mol. The highest BCUT2D eigenvalue weighted by molar-refractivity contribution is 7.99. The highest BCUT2D eigenvalue weighted by Gasteiger charge is 2.21. The van der Waals surface area contributed by atoms with Crippen molar-refractivity contribution in [2.24, 2.45) is 0 Å². The highest BCUT2D eigenvalue weighted by Crippen LogP contribution is 2.40. The minimum absolute atomic E-state index is 0.341. The summed E-state index contributed by atoms with van der Waals surface area (Å²) in [5.41, 5.74) is 2.77. The van der Waals surface area contributed by atoms with Gasteiger partial charge in [-0.3, -0.25) is 4.40 Å². The van der Waals surface area contributed by atoms with Crippen LogP contribution in [0.2, 0.25) is 5.02 Å². The molecule has 24 heavy (non-hydrogen) atoms. The molecule has 0 saturated carbocycles. The quantitative estimate of drug-likeness (QED) is 0.730. The lowest BCUT2D eigenvalue weighted by Gasteiger charge is -2.10. The van der Waals surface area contributed by atoms with Crippen molar-refractivity contribution in [1.82, 2.24) is 14.4 Å². The number of imidazole rings is 1. The van der Waals surface area contributed by atoms with E-state index in [4.69, 9.17) is 11.6 Å². The Morgan fingerprint density at radius 1 is 1.33 bits per heavy atom. The summed E-state index contributed by atoms with van der Waals surface area (Å²) < 4.78 is 15.5. The number of aromatic nitrogens is 3. The first-order valence-electron chi connectivity index (χ1n) is 7.83. The summed E-state index contributed by atoms with van der Waals surface area (Å²) >= 11 is 7.88. The van der Waals surface area contributed by atoms with E-state index in [-0.39, 0.29) is 5.82 Å². The molecule has 3 aromatic rings. The average Bonchev–Trinajstić information content (AvgIpc) is 3.21. The number of nitrogens with zero attached hydrogens (tertiary/aromatic N) is 3. The van der Waals surface area contributed by atoms with Crippen molar-refractivity contribution in [3.05, 3.63) is 58.9 Å². The monoisotopic (exact) mass is 362 g/mol. The first kappa shape index (κ1) is 15.7. The summed E-state index contributed by atoms with van der Waals surface area (Å²) in [7, 11) is 0. The molecule has 0 spiro atoms. The van der Waals surface area contributed by atoms with Crippen molar-refractivity contribution in [1.29, 1.82) is 0 Å². The fraction of sp³-hybridized carbons (Fsp3) is 0.294. The third-order valence-corrected chi connectivity index (χ3v) is 5.72. The van der Waals surface area contributed by atoms with Gasteiger partial charge < -0.3 is 5.32 Å². The molecule has 1 atom stereocenters. The smallest absolute Gasteiger partial charge is 0.180 e. The molecule has 1 fully saturated rings. The first-order chi connectivity index (χ1) is 11.7. The molecule has 0 aliphatic carbocycles. The first-order valence-corrected chi connectivity index (χ1v) is 9.26. The van der Waals surface area contributed by atoms with Crippen LogP contribution in [0.4, 0.5) is 10.2 Å². The minimum Gasteiger partial charge on any atom is -0.363 e. The number of hydrogen-bond acceptors (Lipinski definition) is 4. The van der Waals surface area contributed by atoms with Gasteiger partial charge >= 0.3 is 0 Å². The molecule has 0 amide bonds. The summed E-state index contributed by atoms with van der Waals surface area (Å²) in [6, 6.07) is 4.50. The van der Waals surface area contributed by atoms with E-state index in [9.17, 15) is 4.39 Å². The Hall–Kier alpha value is -1.79. The molecule has 0 bridgehead atoms. The zero-order chi connectivity index (χ0) is 16.5. The van der Waals surface area contributed by atoms with Crippen molar-refractivity contribution < 1.29 is 4.39 Å². The molecule has 124 valence electrons. The maximum atomic E-state index is 13.4. The van der Waals surface area contributed by atoms with E-state index >= 15 is 0 Å². The van der Waals surface area contributed by atoms with Gasteiger partial charge in [-0.25, -0.2) is 14.4 Å². The third-order valence-electron chi connectivity index (χ3n) is 4.10. The van der Waals surface area contributed by atoms with Gasteiger partial charge in [-0.2, -0.15) is 11.8 Å². The van der Waals surface area contributed by atoms with Gasteiger partial charge in [0.05, 0.1) is 11.9 Å². The molecule has 4 rings (SSSR count). The lowest BCUT2D eigenvalue weighted by atomic mass is 10.2. The Balaban J connectivity index is 1.60. The Labute approximate surface area is 148 Å². The zero-order valence-electron chi connectivity index (χ0n) is 12.9. The molecule has 3 heterocycles. The van der Waals surface area contributed by atoms with E-state index in [0.717, 1.165) is 11.2 Å². The number of benzene rings is 1. The lowest BCUT2D eigenvalue weighted by Crippen LogP contribution is -2.05. The molecule has 0 unspecified atom stereocenters. The van der Waals surface area contributed by atoms with Crippen LogP contribution in [0.1, 0.15) is 29.3 Å². The second-order valence-electron chi connectivity index (χ2n) is 5.79. The largest absolute Gasteiger partial charge is 0.363 e. The summed E-state index contributed by atoms with van der Waals surface area (Å²) in [6.07, 6.45) is 8.08. The van der Waals surface area contributed by atoms with E-state index in [1.54, 1.807) is 12.3 Å². The topological polar surface area (TPSA) is 42.2 Å². The number of anilines is 1. The maximum Gasteiger partial charge on any atom is 0.180 e. The highest BCUT2D eigenvalue weighted by atomic mass is 35.5. The predicted molar refractivity (Wildman–Crippen MR) is 96.2 cm³/mol. The van der Waals surface area contributed by atoms with E-state index in [1.165, 1.54) is 36.4 Å².